The zero-order valence-electron chi connectivity index (χ0n) is 12.4. The van der Waals surface area contributed by atoms with Crippen LogP contribution >= 0.6 is 22.6 Å². The zero-order chi connectivity index (χ0) is 16.8. The number of benzene rings is 2. The first-order chi connectivity index (χ1) is 11.0. The molecule has 0 saturated carbocycles. The molecule has 0 radical (unpaired) electrons. The Bertz CT molecular complexity index is 703. The molecule has 0 aromatic heterocycles. The van der Waals surface area contributed by atoms with Gasteiger partial charge < -0.3 is 10.1 Å². The molecule has 6 heteroatoms. The summed E-state index contributed by atoms with van der Waals surface area (Å²) in [4.78, 5) is 23.9. The molecule has 1 unspecified atom stereocenters. The van der Waals surface area contributed by atoms with Crippen molar-refractivity contribution in [3.63, 3.8) is 0 Å². The van der Waals surface area contributed by atoms with E-state index in [0.717, 1.165) is 9.13 Å². The monoisotopic (exact) mass is 427 g/mol. The fourth-order valence-electron chi connectivity index (χ4n) is 1.83. The highest BCUT2D eigenvalue weighted by molar-refractivity contribution is 14.1. The standard InChI is InChI=1S/C17H15FINO3/c1-11(23-17(22)13-3-2-4-15(19)9-13)16(21)20-10-12-5-7-14(18)8-6-12/h2-9,11H,10H2,1H3,(H,20,21). The Morgan fingerprint density at radius 1 is 1.22 bits per heavy atom. The lowest BCUT2D eigenvalue weighted by atomic mass is 10.2. The lowest BCUT2D eigenvalue weighted by molar-refractivity contribution is -0.129. The number of carbonyl (C=O) groups is 2. The van der Waals surface area contributed by atoms with Crippen LogP contribution in [0.5, 0.6) is 0 Å². The third-order valence-corrected chi connectivity index (χ3v) is 3.76. The van der Waals surface area contributed by atoms with Crippen LogP contribution in [0.25, 0.3) is 0 Å². The topological polar surface area (TPSA) is 55.4 Å². The van der Waals surface area contributed by atoms with Gasteiger partial charge in [-0.2, -0.15) is 0 Å². The number of nitrogens with one attached hydrogen (secondary N) is 1. The minimum Gasteiger partial charge on any atom is -0.449 e. The predicted octanol–water partition coefficient (Wildman–Crippen LogP) is 3.29. The number of halogens is 2. The Kier molecular flexibility index (Phi) is 6.09. The maximum absolute atomic E-state index is 12.8. The van der Waals surface area contributed by atoms with Crippen molar-refractivity contribution in [2.45, 2.75) is 19.6 Å². The molecule has 23 heavy (non-hydrogen) atoms. The van der Waals surface area contributed by atoms with E-state index in [1.807, 2.05) is 6.07 Å². The summed E-state index contributed by atoms with van der Waals surface area (Å²) in [5.74, 6) is -1.29. The van der Waals surface area contributed by atoms with Crippen molar-refractivity contribution in [2.75, 3.05) is 0 Å². The van der Waals surface area contributed by atoms with E-state index in [1.54, 1.807) is 30.3 Å². The summed E-state index contributed by atoms with van der Waals surface area (Å²) in [6.45, 7) is 1.75. The first kappa shape index (κ1) is 17.4. The van der Waals surface area contributed by atoms with Crippen molar-refractivity contribution in [2.24, 2.45) is 0 Å². The molecule has 0 aliphatic carbocycles. The molecular formula is C17H15FINO3. The van der Waals surface area contributed by atoms with Gasteiger partial charge in [-0.1, -0.05) is 18.2 Å². The van der Waals surface area contributed by atoms with Crippen LogP contribution in [0.1, 0.15) is 22.8 Å². The molecule has 1 amide bonds. The van der Waals surface area contributed by atoms with Crippen LogP contribution < -0.4 is 5.32 Å². The first-order valence-corrected chi connectivity index (χ1v) is 8.02. The Hall–Kier alpha value is -1.96. The van der Waals surface area contributed by atoms with Crippen LogP contribution in [-0.4, -0.2) is 18.0 Å². The summed E-state index contributed by atoms with van der Waals surface area (Å²) in [7, 11) is 0. The van der Waals surface area contributed by atoms with E-state index in [-0.39, 0.29) is 12.4 Å². The highest BCUT2D eigenvalue weighted by Gasteiger charge is 2.18. The largest absolute Gasteiger partial charge is 0.449 e. The molecule has 1 atom stereocenters. The Morgan fingerprint density at radius 3 is 2.57 bits per heavy atom. The van der Waals surface area contributed by atoms with Gasteiger partial charge in [-0.25, -0.2) is 9.18 Å². The summed E-state index contributed by atoms with van der Waals surface area (Å²) in [5.41, 5.74) is 1.16. The molecule has 0 spiro atoms. The van der Waals surface area contributed by atoms with E-state index in [0.29, 0.717) is 5.56 Å². The van der Waals surface area contributed by atoms with Crippen molar-refractivity contribution in [1.82, 2.24) is 5.32 Å². The minimum atomic E-state index is -0.916. The fourth-order valence-corrected chi connectivity index (χ4v) is 2.38. The van der Waals surface area contributed by atoms with Gasteiger partial charge in [-0.05, 0) is 65.4 Å². The normalized spacial score (nSPS) is 11.6. The molecule has 0 heterocycles. The van der Waals surface area contributed by atoms with Gasteiger partial charge in [0.15, 0.2) is 6.10 Å². The average Bonchev–Trinajstić information content (AvgIpc) is 2.54. The predicted molar refractivity (Wildman–Crippen MR) is 92.3 cm³/mol. The summed E-state index contributed by atoms with van der Waals surface area (Å²) in [5, 5.41) is 2.65. The van der Waals surface area contributed by atoms with Crippen molar-refractivity contribution in [1.29, 1.82) is 0 Å². The second-order valence-corrected chi connectivity index (χ2v) is 6.15. The molecule has 2 aromatic carbocycles. The molecule has 0 aliphatic rings. The lowest BCUT2D eigenvalue weighted by Crippen LogP contribution is -2.35. The molecule has 0 bridgehead atoms. The molecule has 2 aromatic rings. The summed E-state index contributed by atoms with van der Waals surface area (Å²) >= 11 is 2.09. The lowest BCUT2D eigenvalue weighted by Gasteiger charge is -2.13. The zero-order valence-corrected chi connectivity index (χ0v) is 14.5. The summed E-state index contributed by atoms with van der Waals surface area (Å²) < 4.78 is 18.9. The second kappa shape index (κ2) is 8.05. The Balaban J connectivity index is 1.87. The SMILES string of the molecule is CC(OC(=O)c1cccc(I)c1)C(=O)NCc1ccc(F)cc1. The van der Waals surface area contributed by atoms with Crippen molar-refractivity contribution in [3.8, 4) is 0 Å². The maximum Gasteiger partial charge on any atom is 0.338 e. The van der Waals surface area contributed by atoms with Gasteiger partial charge in [0.2, 0.25) is 0 Å². The number of ether oxygens (including phenoxy) is 1. The Morgan fingerprint density at radius 2 is 1.91 bits per heavy atom. The number of carbonyl (C=O) groups excluding carboxylic acids is 2. The van der Waals surface area contributed by atoms with Gasteiger partial charge in [-0.3, -0.25) is 4.79 Å². The number of hydrogen-bond acceptors (Lipinski definition) is 3. The molecule has 1 N–H and O–H groups in total. The van der Waals surface area contributed by atoms with E-state index >= 15 is 0 Å². The van der Waals surface area contributed by atoms with Crippen molar-refractivity contribution in [3.05, 3.63) is 69.0 Å². The van der Waals surface area contributed by atoms with Crippen molar-refractivity contribution < 1.29 is 18.7 Å². The average molecular weight is 427 g/mol. The molecule has 0 saturated heterocycles. The van der Waals surface area contributed by atoms with E-state index in [2.05, 4.69) is 27.9 Å². The van der Waals surface area contributed by atoms with Crippen LogP contribution in [-0.2, 0) is 16.1 Å². The van der Waals surface area contributed by atoms with Gasteiger partial charge in [-0.15, -0.1) is 0 Å². The van der Waals surface area contributed by atoms with E-state index in [4.69, 9.17) is 4.74 Å². The molecule has 0 fully saturated rings. The Labute approximate surface area is 147 Å². The molecule has 2 rings (SSSR count). The molecule has 4 nitrogen and oxygen atoms in total. The van der Waals surface area contributed by atoms with E-state index in [9.17, 15) is 14.0 Å². The molecule has 120 valence electrons. The van der Waals surface area contributed by atoms with Gasteiger partial charge in [0, 0.05) is 10.1 Å². The van der Waals surface area contributed by atoms with Gasteiger partial charge in [0.1, 0.15) is 5.82 Å². The third-order valence-electron chi connectivity index (χ3n) is 3.09. The van der Waals surface area contributed by atoms with Crippen LogP contribution in [0.4, 0.5) is 4.39 Å². The highest BCUT2D eigenvalue weighted by Crippen LogP contribution is 2.10. The molecule has 0 aliphatic heterocycles. The van der Waals surface area contributed by atoms with Gasteiger partial charge in [0.05, 0.1) is 5.56 Å². The van der Waals surface area contributed by atoms with Gasteiger partial charge in [0.25, 0.3) is 5.91 Å². The summed E-state index contributed by atoms with van der Waals surface area (Å²) in [6.07, 6.45) is -0.916. The summed E-state index contributed by atoms with van der Waals surface area (Å²) in [6, 6.07) is 12.7. The number of esters is 1. The number of rotatable bonds is 5. The number of amides is 1. The third kappa shape index (κ3) is 5.31. The second-order valence-electron chi connectivity index (χ2n) is 4.90. The van der Waals surface area contributed by atoms with Crippen LogP contribution in [0.3, 0.4) is 0 Å². The maximum atomic E-state index is 12.8. The van der Waals surface area contributed by atoms with Crippen LogP contribution in [0.2, 0.25) is 0 Å². The fraction of sp³-hybridized carbons (Fsp3) is 0.176. The van der Waals surface area contributed by atoms with Gasteiger partial charge >= 0.3 is 5.97 Å². The highest BCUT2D eigenvalue weighted by atomic mass is 127. The smallest absolute Gasteiger partial charge is 0.338 e. The number of hydrogen-bond donors (Lipinski definition) is 1. The van der Waals surface area contributed by atoms with Crippen molar-refractivity contribution >= 4 is 34.5 Å². The van der Waals surface area contributed by atoms with E-state index in [1.165, 1.54) is 19.1 Å². The minimum absolute atomic E-state index is 0.240. The van der Waals surface area contributed by atoms with Crippen LogP contribution in [0.15, 0.2) is 48.5 Å². The quantitative estimate of drug-likeness (QED) is 0.589. The molecular weight excluding hydrogens is 412 g/mol. The first-order valence-electron chi connectivity index (χ1n) is 6.94. The van der Waals surface area contributed by atoms with Crippen LogP contribution in [0, 0.1) is 9.39 Å². The van der Waals surface area contributed by atoms with E-state index < -0.39 is 18.0 Å².